The zero-order chi connectivity index (χ0) is 22.3. The first-order valence-corrected chi connectivity index (χ1v) is 10.4. The van der Waals surface area contributed by atoms with Gasteiger partial charge in [-0.15, -0.1) is 5.10 Å². The highest BCUT2D eigenvalue weighted by atomic mass is 16.5. The van der Waals surface area contributed by atoms with Crippen molar-refractivity contribution in [3.8, 4) is 5.75 Å². The Morgan fingerprint density at radius 1 is 0.969 bits per heavy atom. The predicted octanol–water partition coefficient (Wildman–Crippen LogP) is 1.84. The molecule has 1 saturated heterocycles. The molecule has 0 N–H and O–H groups in total. The van der Waals surface area contributed by atoms with Crippen molar-refractivity contribution in [2.75, 3.05) is 44.8 Å². The molecule has 0 bridgehead atoms. The number of rotatable bonds is 7. The Morgan fingerprint density at radius 3 is 2.38 bits per heavy atom. The monoisotopic (exact) mass is 435 g/mol. The van der Waals surface area contributed by atoms with E-state index in [1.165, 1.54) is 6.20 Å². The first-order chi connectivity index (χ1) is 15.6. The van der Waals surface area contributed by atoms with Crippen molar-refractivity contribution in [2.45, 2.75) is 6.54 Å². The lowest BCUT2D eigenvalue weighted by Crippen LogP contribution is -2.49. The zero-order valence-electron chi connectivity index (χ0n) is 17.9. The molecule has 1 aliphatic rings. The molecule has 3 aromatic rings. The third kappa shape index (κ3) is 5.23. The third-order valence-corrected chi connectivity index (χ3v) is 5.33. The van der Waals surface area contributed by atoms with E-state index in [0.717, 1.165) is 17.0 Å². The van der Waals surface area contributed by atoms with Crippen molar-refractivity contribution in [1.82, 2.24) is 19.9 Å². The smallest absolute Gasteiger partial charge is 0.361 e. The van der Waals surface area contributed by atoms with Crippen LogP contribution in [0.25, 0.3) is 0 Å². The molecule has 4 rings (SSSR count). The summed E-state index contributed by atoms with van der Waals surface area (Å²) < 4.78 is 11.9. The van der Waals surface area contributed by atoms with Crippen LogP contribution in [0.5, 0.6) is 5.75 Å². The second-order valence-electron chi connectivity index (χ2n) is 7.43. The van der Waals surface area contributed by atoms with Gasteiger partial charge in [0.25, 0.3) is 5.91 Å². The summed E-state index contributed by atoms with van der Waals surface area (Å²) in [5.41, 5.74) is 2.21. The van der Waals surface area contributed by atoms with E-state index in [2.05, 4.69) is 15.2 Å². The summed E-state index contributed by atoms with van der Waals surface area (Å²) in [5, 5.41) is 7.81. The van der Waals surface area contributed by atoms with Crippen molar-refractivity contribution >= 4 is 17.6 Å². The van der Waals surface area contributed by atoms with Crippen molar-refractivity contribution in [3.05, 3.63) is 72.1 Å². The van der Waals surface area contributed by atoms with Gasteiger partial charge in [-0.2, -0.15) is 0 Å². The number of benzene rings is 2. The molecule has 0 spiro atoms. The number of hydrogen-bond acceptors (Lipinski definition) is 7. The Labute approximate surface area is 186 Å². The molecule has 0 aliphatic carbocycles. The number of hydrogen-bond donors (Lipinski definition) is 0. The Kier molecular flexibility index (Phi) is 6.64. The number of piperazine rings is 1. The van der Waals surface area contributed by atoms with E-state index in [1.54, 1.807) is 16.7 Å². The number of anilines is 1. The van der Waals surface area contributed by atoms with E-state index >= 15 is 0 Å². The maximum atomic E-state index is 12.5. The molecular formula is C23H25N5O4. The van der Waals surface area contributed by atoms with Gasteiger partial charge in [0.15, 0.2) is 12.3 Å². The molecule has 2 heterocycles. The Hall–Kier alpha value is -3.88. The number of aromatic nitrogens is 3. The molecule has 0 unspecified atom stereocenters. The first-order valence-electron chi connectivity index (χ1n) is 10.4. The molecule has 32 heavy (non-hydrogen) atoms. The molecule has 1 amide bonds. The van der Waals surface area contributed by atoms with Crippen LogP contribution in [0.3, 0.4) is 0 Å². The maximum absolute atomic E-state index is 12.5. The largest absolute Gasteiger partial charge is 0.497 e. The Balaban J connectivity index is 1.23. The SMILES string of the molecule is COc1ccc(N2CCN(C(=O)COC(=O)c3cn(Cc4ccccc4)nn3)CC2)cc1. The lowest BCUT2D eigenvalue weighted by molar-refractivity contribution is -0.134. The van der Waals surface area contributed by atoms with Gasteiger partial charge in [-0.1, -0.05) is 35.5 Å². The van der Waals surface area contributed by atoms with Crippen LogP contribution in [-0.4, -0.2) is 71.7 Å². The number of esters is 1. The molecule has 0 saturated carbocycles. The van der Waals surface area contributed by atoms with Crippen LogP contribution >= 0.6 is 0 Å². The Morgan fingerprint density at radius 2 is 1.69 bits per heavy atom. The number of carbonyl (C=O) groups excluding carboxylic acids is 2. The fourth-order valence-corrected chi connectivity index (χ4v) is 3.54. The summed E-state index contributed by atoms with van der Waals surface area (Å²) in [6.45, 7) is 2.73. The quantitative estimate of drug-likeness (QED) is 0.523. The van der Waals surface area contributed by atoms with Crippen LogP contribution < -0.4 is 9.64 Å². The highest BCUT2D eigenvalue weighted by molar-refractivity contribution is 5.89. The first kappa shape index (κ1) is 21.4. The average Bonchev–Trinajstić information content (AvgIpc) is 3.31. The van der Waals surface area contributed by atoms with Crippen LogP contribution in [0.2, 0.25) is 0 Å². The van der Waals surface area contributed by atoms with Crippen LogP contribution in [0.1, 0.15) is 16.1 Å². The summed E-state index contributed by atoms with van der Waals surface area (Å²) in [6.07, 6.45) is 1.52. The third-order valence-electron chi connectivity index (χ3n) is 5.33. The van der Waals surface area contributed by atoms with Gasteiger partial charge in [-0.05, 0) is 29.8 Å². The van der Waals surface area contributed by atoms with Gasteiger partial charge in [-0.3, -0.25) is 4.79 Å². The van der Waals surface area contributed by atoms with Gasteiger partial charge < -0.3 is 19.3 Å². The van der Waals surface area contributed by atoms with Crippen LogP contribution in [0.4, 0.5) is 5.69 Å². The van der Waals surface area contributed by atoms with Gasteiger partial charge >= 0.3 is 5.97 Å². The molecular weight excluding hydrogens is 410 g/mol. The normalized spacial score (nSPS) is 13.7. The molecule has 1 fully saturated rings. The molecule has 0 atom stereocenters. The molecule has 166 valence electrons. The average molecular weight is 435 g/mol. The van der Waals surface area contributed by atoms with Crippen LogP contribution in [0.15, 0.2) is 60.8 Å². The van der Waals surface area contributed by atoms with Crippen molar-refractivity contribution in [3.63, 3.8) is 0 Å². The van der Waals surface area contributed by atoms with E-state index < -0.39 is 5.97 Å². The fourth-order valence-electron chi connectivity index (χ4n) is 3.54. The number of ether oxygens (including phenoxy) is 2. The number of carbonyl (C=O) groups is 2. The maximum Gasteiger partial charge on any atom is 0.361 e. The molecule has 1 aliphatic heterocycles. The van der Waals surface area contributed by atoms with E-state index in [9.17, 15) is 9.59 Å². The minimum atomic E-state index is -0.658. The zero-order valence-corrected chi connectivity index (χ0v) is 17.9. The lowest BCUT2D eigenvalue weighted by atomic mass is 10.2. The minimum absolute atomic E-state index is 0.0815. The van der Waals surface area contributed by atoms with Crippen LogP contribution in [-0.2, 0) is 16.1 Å². The summed E-state index contributed by atoms with van der Waals surface area (Å²) in [4.78, 5) is 28.7. The molecule has 9 nitrogen and oxygen atoms in total. The van der Waals surface area contributed by atoms with Gasteiger partial charge in [0.2, 0.25) is 0 Å². The number of methoxy groups -OCH3 is 1. The molecule has 0 radical (unpaired) electrons. The summed E-state index contributed by atoms with van der Waals surface area (Å²) in [5.74, 6) is -0.0663. The van der Waals surface area contributed by atoms with Crippen molar-refractivity contribution in [1.29, 1.82) is 0 Å². The van der Waals surface area contributed by atoms with E-state index in [4.69, 9.17) is 9.47 Å². The van der Waals surface area contributed by atoms with Gasteiger partial charge in [-0.25, -0.2) is 9.48 Å². The second-order valence-corrected chi connectivity index (χ2v) is 7.43. The van der Waals surface area contributed by atoms with Crippen molar-refractivity contribution in [2.24, 2.45) is 0 Å². The molecule has 1 aromatic heterocycles. The highest BCUT2D eigenvalue weighted by Crippen LogP contribution is 2.20. The topological polar surface area (TPSA) is 89.8 Å². The molecule has 9 heteroatoms. The highest BCUT2D eigenvalue weighted by Gasteiger charge is 2.23. The lowest BCUT2D eigenvalue weighted by Gasteiger charge is -2.36. The standard InChI is InChI=1S/C23H25N5O4/c1-31-20-9-7-19(8-10-20)26-11-13-27(14-12-26)22(29)17-32-23(30)21-16-28(25-24-21)15-18-5-3-2-4-6-18/h2-10,16H,11-15,17H2,1H3. The van der Waals surface area contributed by atoms with Gasteiger partial charge in [0.05, 0.1) is 19.9 Å². The Bertz CT molecular complexity index is 1040. The summed E-state index contributed by atoms with van der Waals surface area (Å²) >= 11 is 0. The van der Waals surface area contributed by atoms with Gasteiger partial charge in [0.1, 0.15) is 5.75 Å². The number of amides is 1. The predicted molar refractivity (Wildman–Crippen MR) is 118 cm³/mol. The van der Waals surface area contributed by atoms with E-state index in [-0.39, 0.29) is 18.2 Å². The summed E-state index contributed by atoms with van der Waals surface area (Å²) in [7, 11) is 1.64. The van der Waals surface area contributed by atoms with Crippen LogP contribution in [0, 0.1) is 0 Å². The van der Waals surface area contributed by atoms with Gasteiger partial charge in [0, 0.05) is 31.9 Å². The minimum Gasteiger partial charge on any atom is -0.497 e. The summed E-state index contributed by atoms with van der Waals surface area (Å²) in [6, 6.07) is 17.6. The second kappa shape index (κ2) is 9.95. The molecule has 2 aromatic carbocycles. The van der Waals surface area contributed by atoms with E-state index in [0.29, 0.717) is 32.7 Å². The number of nitrogens with zero attached hydrogens (tertiary/aromatic N) is 5. The van der Waals surface area contributed by atoms with Crippen molar-refractivity contribution < 1.29 is 19.1 Å². The van der Waals surface area contributed by atoms with E-state index in [1.807, 2.05) is 54.6 Å². The fraction of sp³-hybridized carbons (Fsp3) is 0.304.